The molecule has 1 atom stereocenters. The highest BCUT2D eigenvalue weighted by Gasteiger charge is 2.40. The first-order valence-corrected chi connectivity index (χ1v) is 13.0. The van der Waals surface area contributed by atoms with Crippen molar-refractivity contribution < 1.29 is 23.9 Å². The SMILES string of the molecule is CCCOC(=O)c1ccccc1N1C(=O)C(Cl)=C(Nc2cccc(C(=O)N3CCCCC3CC)c2)C1=O. The van der Waals surface area contributed by atoms with E-state index in [0.29, 0.717) is 24.2 Å². The van der Waals surface area contributed by atoms with Gasteiger partial charge in [-0.2, -0.15) is 0 Å². The van der Waals surface area contributed by atoms with Gasteiger partial charge >= 0.3 is 5.97 Å². The molecule has 0 bridgehead atoms. The van der Waals surface area contributed by atoms with Gasteiger partial charge in [-0.1, -0.05) is 43.6 Å². The van der Waals surface area contributed by atoms with Crippen LogP contribution in [0.15, 0.2) is 59.3 Å². The number of para-hydroxylation sites is 1. The van der Waals surface area contributed by atoms with Crippen molar-refractivity contribution in [3.05, 3.63) is 70.4 Å². The molecule has 8 nitrogen and oxygen atoms in total. The van der Waals surface area contributed by atoms with E-state index in [-0.39, 0.29) is 40.5 Å². The molecule has 1 N–H and O–H groups in total. The number of nitrogens with zero attached hydrogens (tertiary/aromatic N) is 2. The number of esters is 1. The van der Waals surface area contributed by atoms with E-state index in [1.54, 1.807) is 36.4 Å². The summed E-state index contributed by atoms with van der Waals surface area (Å²) in [6.07, 6.45) is 4.61. The Balaban J connectivity index is 1.57. The molecule has 3 amide bonds. The second kappa shape index (κ2) is 11.6. The quantitative estimate of drug-likeness (QED) is 0.382. The van der Waals surface area contributed by atoms with Crippen LogP contribution in [0.4, 0.5) is 11.4 Å². The number of anilines is 2. The molecule has 2 heterocycles. The van der Waals surface area contributed by atoms with Crippen LogP contribution in [0, 0.1) is 0 Å². The summed E-state index contributed by atoms with van der Waals surface area (Å²) < 4.78 is 5.21. The number of benzene rings is 2. The van der Waals surface area contributed by atoms with Crippen LogP contribution >= 0.6 is 11.6 Å². The molecule has 0 spiro atoms. The van der Waals surface area contributed by atoms with Crippen molar-refractivity contribution >= 4 is 46.7 Å². The number of rotatable bonds is 8. The lowest BCUT2D eigenvalue weighted by molar-refractivity contribution is -0.120. The monoisotopic (exact) mass is 523 g/mol. The Kier molecular flexibility index (Phi) is 8.28. The molecule has 37 heavy (non-hydrogen) atoms. The van der Waals surface area contributed by atoms with Crippen LogP contribution in [-0.4, -0.2) is 47.8 Å². The summed E-state index contributed by atoms with van der Waals surface area (Å²) in [5.41, 5.74) is 0.982. The fourth-order valence-electron chi connectivity index (χ4n) is 4.68. The molecule has 1 saturated heterocycles. The normalized spacial score (nSPS) is 17.9. The van der Waals surface area contributed by atoms with E-state index < -0.39 is 17.8 Å². The Morgan fingerprint density at radius 2 is 1.84 bits per heavy atom. The Labute approximate surface area is 221 Å². The second-order valence-corrected chi connectivity index (χ2v) is 9.43. The highest BCUT2D eigenvalue weighted by molar-refractivity contribution is 6.53. The Morgan fingerprint density at radius 1 is 1.05 bits per heavy atom. The predicted molar refractivity (Wildman–Crippen MR) is 141 cm³/mol. The molecule has 4 rings (SSSR count). The number of ether oxygens (including phenoxy) is 1. The minimum atomic E-state index is -0.753. The number of carbonyl (C=O) groups is 4. The van der Waals surface area contributed by atoms with Crippen LogP contribution < -0.4 is 10.2 Å². The first-order chi connectivity index (χ1) is 17.9. The van der Waals surface area contributed by atoms with Crippen molar-refractivity contribution in [1.82, 2.24) is 4.90 Å². The third-order valence-electron chi connectivity index (χ3n) is 6.57. The number of hydrogen-bond donors (Lipinski definition) is 1. The van der Waals surface area contributed by atoms with Gasteiger partial charge in [0.2, 0.25) is 0 Å². The summed E-state index contributed by atoms with van der Waals surface area (Å²) in [5.74, 6) is -2.16. The van der Waals surface area contributed by atoms with Crippen LogP contribution in [0.25, 0.3) is 0 Å². The predicted octanol–water partition coefficient (Wildman–Crippen LogP) is 5.09. The minimum Gasteiger partial charge on any atom is -0.462 e. The average Bonchev–Trinajstić information content (AvgIpc) is 3.14. The number of nitrogens with one attached hydrogen (secondary N) is 1. The summed E-state index contributed by atoms with van der Waals surface area (Å²) in [6.45, 7) is 4.88. The lowest BCUT2D eigenvalue weighted by atomic mass is 9.99. The molecule has 194 valence electrons. The Bertz CT molecular complexity index is 1260. The topological polar surface area (TPSA) is 96.0 Å². The van der Waals surface area contributed by atoms with Gasteiger partial charge < -0.3 is 15.0 Å². The lowest BCUT2D eigenvalue weighted by Crippen LogP contribution is -2.43. The summed E-state index contributed by atoms with van der Waals surface area (Å²) in [6, 6.07) is 13.2. The number of likely N-dealkylation sites (tertiary alicyclic amines) is 1. The largest absolute Gasteiger partial charge is 0.462 e. The Hall–Kier alpha value is -3.65. The molecule has 0 aliphatic carbocycles. The van der Waals surface area contributed by atoms with E-state index >= 15 is 0 Å². The number of amides is 3. The lowest BCUT2D eigenvalue weighted by Gasteiger charge is -2.35. The van der Waals surface area contributed by atoms with Gasteiger partial charge in [0.05, 0.1) is 17.9 Å². The molecule has 0 saturated carbocycles. The van der Waals surface area contributed by atoms with Gasteiger partial charge in [-0.15, -0.1) is 0 Å². The van der Waals surface area contributed by atoms with Gasteiger partial charge in [-0.05, 0) is 62.4 Å². The van der Waals surface area contributed by atoms with E-state index in [1.807, 2.05) is 11.8 Å². The van der Waals surface area contributed by atoms with Gasteiger partial charge in [-0.3, -0.25) is 14.4 Å². The zero-order valence-corrected chi connectivity index (χ0v) is 21.7. The van der Waals surface area contributed by atoms with Gasteiger partial charge in [-0.25, -0.2) is 9.69 Å². The molecule has 0 aromatic heterocycles. The van der Waals surface area contributed by atoms with Gasteiger partial charge in [0, 0.05) is 23.8 Å². The van der Waals surface area contributed by atoms with Crippen LogP contribution in [0.3, 0.4) is 0 Å². The molecule has 2 aliphatic rings. The van der Waals surface area contributed by atoms with Crippen molar-refractivity contribution in [2.75, 3.05) is 23.4 Å². The first-order valence-electron chi connectivity index (χ1n) is 12.6. The number of piperidine rings is 1. The standard InChI is InChI=1S/C28H30ClN3O5/c1-3-16-37-28(36)21-13-5-6-14-22(21)32-26(34)23(29)24(27(32)35)30-19-11-9-10-18(17-19)25(33)31-15-8-7-12-20(31)4-2/h5-6,9-11,13-14,17,20,30H,3-4,7-8,12,15-16H2,1-2H3. The number of hydrogen-bond acceptors (Lipinski definition) is 6. The Morgan fingerprint density at radius 3 is 2.59 bits per heavy atom. The zero-order chi connectivity index (χ0) is 26.5. The van der Waals surface area contributed by atoms with E-state index in [0.717, 1.165) is 30.6 Å². The minimum absolute atomic E-state index is 0.0646. The van der Waals surface area contributed by atoms with Gasteiger partial charge in [0.15, 0.2) is 0 Å². The summed E-state index contributed by atoms with van der Waals surface area (Å²) >= 11 is 6.31. The van der Waals surface area contributed by atoms with Crippen molar-refractivity contribution in [2.45, 2.75) is 52.0 Å². The van der Waals surface area contributed by atoms with Crippen molar-refractivity contribution in [3.8, 4) is 0 Å². The summed E-state index contributed by atoms with van der Waals surface area (Å²) in [4.78, 5) is 54.9. The molecule has 2 aromatic rings. The highest BCUT2D eigenvalue weighted by atomic mass is 35.5. The molecular weight excluding hydrogens is 494 g/mol. The molecule has 0 radical (unpaired) electrons. The molecule has 1 fully saturated rings. The first kappa shape index (κ1) is 26.4. The van der Waals surface area contributed by atoms with E-state index in [4.69, 9.17) is 16.3 Å². The van der Waals surface area contributed by atoms with Crippen molar-refractivity contribution in [3.63, 3.8) is 0 Å². The zero-order valence-electron chi connectivity index (χ0n) is 21.0. The fourth-order valence-corrected chi connectivity index (χ4v) is 4.89. The molecule has 9 heteroatoms. The van der Waals surface area contributed by atoms with Crippen molar-refractivity contribution in [1.29, 1.82) is 0 Å². The number of halogens is 1. The third-order valence-corrected chi connectivity index (χ3v) is 6.92. The summed E-state index contributed by atoms with van der Waals surface area (Å²) in [7, 11) is 0. The van der Waals surface area contributed by atoms with Gasteiger partial charge in [0.25, 0.3) is 17.7 Å². The van der Waals surface area contributed by atoms with Crippen LogP contribution in [0.1, 0.15) is 66.7 Å². The van der Waals surface area contributed by atoms with Crippen molar-refractivity contribution in [2.24, 2.45) is 0 Å². The maximum absolute atomic E-state index is 13.3. The molecule has 2 aromatic carbocycles. The summed E-state index contributed by atoms with van der Waals surface area (Å²) in [5, 5.41) is 2.62. The molecule has 1 unspecified atom stereocenters. The smallest absolute Gasteiger partial charge is 0.340 e. The number of imide groups is 1. The van der Waals surface area contributed by atoms with Crippen LogP contribution in [-0.2, 0) is 14.3 Å². The van der Waals surface area contributed by atoms with E-state index in [1.165, 1.54) is 12.1 Å². The molecular formula is C28H30ClN3O5. The average molecular weight is 524 g/mol. The molecule has 2 aliphatic heterocycles. The third kappa shape index (κ3) is 5.39. The second-order valence-electron chi connectivity index (χ2n) is 9.05. The van der Waals surface area contributed by atoms with Crippen LogP contribution in [0.5, 0.6) is 0 Å². The van der Waals surface area contributed by atoms with Crippen LogP contribution in [0.2, 0.25) is 0 Å². The number of carbonyl (C=O) groups excluding carboxylic acids is 4. The fraction of sp³-hybridized carbons (Fsp3) is 0.357. The van der Waals surface area contributed by atoms with E-state index in [2.05, 4.69) is 12.2 Å². The van der Waals surface area contributed by atoms with E-state index in [9.17, 15) is 19.2 Å². The maximum atomic E-state index is 13.3. The maximum Gasteiger partial charge on any atom is 0.340 e. The van der Waals surface area contributed by atoms with Gasteiger partial charge in [0.1, 0.15) is 10.7 Å². The highest BCUT2D eigenvalue weighted by Crippen LogP contribution is 2.33.